The van der Waals surface area contributed by atoms with Crippen LogP contribution < -0.4 is 0 Å². The van der Waals surface area contributed by atoms with Crippen molar-refractivity contribution in [2.75, 3.05) is 27.2 Å². The van der Waals surface area contributed by atoms with E-state index in [2.05, 4.69) is 14.5 Å². The van der Waals surface area contributed by atoms with Gasteiger partial charge in [0.1, 0.15) is 5.82 Å². The Bertz CT molecular complexity index is 772. The summed E-state index contributed by atoms with van der Waals surface area (Å²) in [5.74, 6) is 1.26. The molecular formula is C20H27N5O2. The quantitative estimate of drug-likeness (QED) is 0.780. The molecule has 1 fully saturated rings. The van der Waals surface area contributed by atoms with Gasteiger partial charge in [-0.3, -0.25) is 14.6 Å². The molecule has 27 heavy (non-hydrogen) atoms. The molecule has 7 heteroatoms. The molecule has 0 bridgehead atoms. The molecule has 0 radical (unpaired) electrons. The number of aromatic nitrogens is 3. The van der Waals surface area contributed by atoms with Gasteiger partial charge in [0.05, 0.1) is 12.2 Å². The van der Waals surface area contributed by atoms with Crippen LogP contribution in [-0.4, -0.2) is 63.3 Å². The van der Waals surface area contributed by atoms with Gasteiger partial charge >= 0.3 is 0 Å². The number of nitrogens with zero attached hydrogens (tertiary/aromatic N) is 5. The average Bonchev–Trinajstić information content (AvgIpc) is 3.14. The van der Waals surface area contributed by atoms with Gasteiger partial charge in [-0.15, -0.1) is 0 Å². The first-order chi connectivity index (χ1) is 13.0. The van der Waals surface area contributed by atoms with Crippen LogP contribution >= 0.6 is 0 Å². The zero-order valence-electron chi connectivity index (χ0n) is 16.0. The summed E-state index contributed by atoms with van der Waals surface area (Å²) in [5, 5.41) is 0. The van der Waals surface area contributed by atoms with E-state index in [4.69, 9.17) is 0 Å². The van der Waals surface area contributed by atoms with Crippen molar-refractivity contribution < 1.29 is 9.59 Å². The maximum atomic E-state index is 12.5. The number of hydrogen-bond acceptors (Lipinski definition) is 4. The fraction of sp³-hybridized carbons (Fsp3) is 0.500. The maximum Gasteiger partial charge on any atom is 0.223 e. The Labute approximate surface area is 160 Å². The van der Waals surface area contributed by atoms with E-state index in [-0.39, 0.29) is 30.6 Å². The Morgan fingerprint density at radius 3 is 2.78 bits per heavy atom. The molecule has 1 aliphatic rings. The monoisotopic (exact) mass is 369 g/mol. The molecule has 1 saturated heterocycles. The number of carbonyl (C=O) groups is 2. The van der Waals surface area contributed by atoms with Gasteiger partial charge in [-0.25, -0.2) is 4.98 Å². The van der Waals surface area contributed by atoms with E-state index < -0.39 is 0 Å². The summed E-state index contributed by atoms with van der Waals surface area (Å²) in [7, 11) is 3.43. The van der Waals surface area contributed by atoms with Crippen molar-refractivity contribution in [2.24, 2.45) is 0 Å². The molecule has 144 valence electrons. The Morgan fingerprint density at radius 2 is 2.04 bits per heavy atom. The number of likely N-dealkylation sites (tertiary alicyclic amines) is 1. The van der Waals surface area contributed by atoms with Crippen LogP contribution in [0.15, 0.2) is 36.8 Å². The molecule has 3 heterocycles. The highest BCUT2D eigenvalue weighted by atomic mass is 16.2. The van der Waals surface area contributed by atoms with Crippen LogP contribution in [0.1, 0.15) is 43.1 Å². The number of pyridine rings is 1. The SMILES string of the molecule is CN(C)C(=O)CCC(=O)N1CCC[C@H](c2nccn2Cc2ccccn2)C1. The molecule has 7 nitrogen and oxygen atoms in total. The van der Waals surface area contributed by atoms with Crippen LogP contribution in [0, 0.1) is 0 Å². The predicted molar refractivity (Wildman–Crippen MR) is 102 cm³/mol. The Hall–Kier alpha value is -2.70. The first-order valence-electron chi connectivity index (χ1n) is 9.43. The van der Waals surface area contributed by atoms with Gasteiger partial charge in [0.15, 0.2) is 0 Å². The van der Waals surface area contributed by atoms with Crippen LogP contribution in [-0.2, 0) is 16.1 Å². The number of carbonyl (C=O) groups excluding carboxylic acids is 2. The highest BCUT2D eigenvalue weighted by Crippen LogP contribution is 2.26. The van der Waals surface area contributed by atoms with Crippen molar-refractivity contribution in [1.82, 2.24) is 24.3 Å². The lowest BCUT2D eigenvalue weighted by molar-refractivity contribution is -0.136. The van der Waals surface area contributed by atoms with Crippen LogP contribution in [0.5, 0.6) is 0 Å². The number of imidazole rings is 1. The summed E-state index contributed by atoms with van der Waals surface area (Å²) in [6.07, 6.45) is 8.08. The minimum atomic E-state index is -0.0113. The lowest BCUT2D eigenvalue weighted by Crippen LogP contribution is -2.40. The summed E-state index contributed by atoms with van der Waals surface area (Å²) in [6.45, 7) is 2.10. The highest BCUT2D eigenvalue weighted by Gasteiger charge is 2.27. The summed E-state index contributed by atoms with van der Waals surface area (Å²) in [5.41, 5.74) is 0.989. The van der Waals surface area contributed by atoms with Gasteiger partial charge in [0.2, 0.25) is 11.8 Å². The third-order valence-corrected chi connectivity index (χ3v) is 5.00. The molecule has 0 spiro atoms. The van der Waals surface area contributed by atoms with Gasteiger partial charge in [0.25, 0.3) is 0 Å². The standard InChI is InChI=1S/C20H27N5O2/c1-23(2)18(26)8-9-19(27)24-12-5-6-16(14-24)20-22-11-13-25(20)15-17-7-3-4-10-21-17/h3-4,7,10-11,13,16H,5-6,8-9,12,14-15H2,1-2H3/t16-/m0/s1. The second-order valence-corrected chi connectivity index (χ2v) is 7.20. The first kappa shape index (κ1) is 19.1. The van der Waals surface area contributed by atoms with Crippen molar-refractivity contribution in [3.05, 3.63) is 48.3 Å². The van der Waals surface area contributed by atoms with Crippen molar-refractivity contribution >= 4 is 11.8 Å². The summed E-state index contributed by atoms with van der Waals surface area (Å²) in [6, 6.07) is 5.89. The number of piperidine rings is 1. The second kappa shape index (κ2) is 8.79. The van der Waals surface area contributed by atoms with Crippen LogP contribution in [0.25, 0.3) is 0 Å². The van der Waals surface area contributed by atoms with E-state index in [1.165, 1.54) is 4.90 Å². The minimum Gasteiger partial charge on any atom is -0.349 e. The first-order valence-corrected chi connectivity index (χ1v) is 9.43. The molecule has 1 atom stereocenters. The van der Waals surface area contributed by atoms with Crippen LogP contribution in [0.3, 0.4) is 0 Å². The number of hydrogen-bond donors (Lipinski definition) is 0. The molecule has 1 aliphatic heterocycles. The minimum absolute atomic E-state index is 0.0113. The van der Waals surface area contributed by atoms with Gasteiger partial charge in [-0.05, 0) is 25.0 Å². The molecule has 2 aromatic heterocycles. The van der Waals surface area contributed by atoms with Crippen molar-refractivity contribution in [1.29, 1.82) is 0 Å². The number of rotatable bonds is 6. The molecule has 0 unspecified atom stereocenters. The zero-order chi connectivity index (χ0) is 19.2. The van der Waals surface area contributed by atoms with E-state index in [1.54, 1.807) is 20.3 Å². The molecule has 2 amide bonds. The zero-order valence-corrected chi connectivity index (χ0v) is 16.0. The fourth-order valence-corrected chi connectivity index (χ4v) is 3.49. The van der Waals surface area contributed by atoms with Crippen molar-refractivity contribution in [3.8, 4) is 0 Å². The smallest absolute Gasteiger partial charge is 0.223 e. The predicted octanol–water partition coefficient (Wildman–Crippen LogP) is 1.90. The van der Waals surface area contributed by atoms with E-state index in [1.807, 2.05) is 35.5 Å². The highest BCUT2D eigenvalue weighted by molar-refractivity contribution is 5.83. The summed E-state index contributed by atoms with van der Waals surface area (Å²) < 4.78 is 2.12. The molecule has 0 N–H and O–H groups in total. The summed E-state index contributed by atoms with van der Waals surface area (Å²) >= 11 is 0. The van der Waals surface area contributed by atoms with E-state index >= 15 is 0 Å². The molecular weight excluding hydrogens is 342 g/mol. The van der Waals surface area contributed by atoms with E-state index in [9.17, 15) is 9.59 Å². The third-order valence-electron chi connectivity index (χ3n) is 5.00. The lowest BCUT2D eigenvalue weighted by Gasteiger charge is -2.33. The van der Waals surface area contributed by atoms with Crippen molar-refractivity contribution in [3.63, 3.8) is 0 Å². The molecule has 2 aromatic rings. The average molecular weight is 369 g/mol. The normalized spacial score (nSPS) is 17.0. The van der Waals surface area contributed by atoms with Gasteiger partial charge in [0, 0.05) is 64.5 Å². The fourth-order valence-electron chi connectivity index (χ4n) is 3.49. The van der Waals surface area contributed by atoms with Crippen molar-refractivity contribution in [2.45, 2.75) is 38.1 Å². The Kier molecular flexibility index (Phi) is 6.21. The van der Waals surface area contributed by atoms with Crippen LogP contribution in [0.2, 0.25) is 0 Å². The van der Waals surface area contributed by atoms with Crippen LogP contribution in [0.4, 0.5) is 0 Å². The summed E-state index contributed by atoms with van der Waals surface area (Å²) in [4.78, 5) is 36.6. The molecule has 0 aliphatic carbocycles. The molecule has 3 rings (SSSR count). The van der Waals surface area contributed by atoms with Gasteiger partial charge in [-0.1, -0.05) is 6.07 Å². The second-order valence-electron chi connectivity index (χ2n) is 7.20. The van der Waals surface area contributed by atoms with Gasteiger partial charge < -0.3 is 14.4 Å². The topological polar surface area (TPSA) is 71.3 Å². The Balaban J connectivity index is 1.62. The maximum absolute atomic E-state index is 12.5. The van der Waals surface area contributed by atoms with Gasteiger partial charge in [-0.2, -0.15) is 0 Å². The molecule has 0 saturated carbocycles. The lowest BCUT2D eigenvalue weighted by atomic mass is 9.96. The number of amides is 2. The molecule has 0 aromatic carbocycles. The Morgan fingerprint density at radius 1 is 1.19 bits per heavy atom. The van der Waals surface area contributed by atoms with E-state index in [0.29, 0.717) is 13.1 Å². The largest absolute Gasteiger partial charge is 0.349 e. The van der Waals surface area contributed by atoms with E-state index in [0.717, 1.165) is 30.9 Å². The third kappa shape index (κ3) is 4.93.